The summed E-state index contributed by atoms with van der Waals surface area (Å²) >= 11 is 1.35. The topological polar surface area (TPSA) is 77.1 Å². The first-order chi connectivity index (χ1) is 14.1. The second-order valence-corrected chi connectivity index (χ2v) is 8.30. The molecule has 0 spiro atoms. The molecule has 0 aliphatic heterocycles. The number of carbonyl (C=O) groups is 1. The molecule has 1 heterocycles. The number of thioether (sulfide) groups is 1. The van der Waals surface area contributed by atoms with E-state index in [2.05, 4.69) is 21.2 Å². The normalized spacial score (nSPS) is 13.8. The van der Waals surface area contributed by atoms with Gasteiger partial charge in [-0.25, -0.2) is 4.98 Å². The summed E-state index contributed by atoms with van der Waals surface area (Å²) in [5.41, 5.74) is 4.22. The van der Waals surface area contributed by atoms with Gasteiger partial charge in [-0.15, -0.1) is 5.10 Å². The fourth-order valence-corrected chi connectivity index (χ4v) is 4.39. The number of H-pyrrole nitrogens is 1. The largest absolute Gasteiger partial charge is 0.497 e. The van der Waals surface area contributed by atoms with Gasteiger partial charge in [0.25, 0.3) is 0 Å². The van der Waals surface area contributed by atoms with Crippen LogP contribution in [0, 0.1) is 0 Å². The second kappa shape index (κ2) is 8.29. The smallest absolute Gasteiger partial charge is 0.209 e. The third-order valence-electron chi connectivity index (χ3n) is 5.16. The van der Waals surface area contributed by atoms with Crippen molar-refractivity contribution in [2.24, 2.45) is 0 Å². The monoisotopic (exact) mass is 409 g/mol. The molecule has 1 aliphatic rings. The SMILES string of the molecule is COc1ccc(-c2nc(SC(C)C(=O)c3ccc4c(c3)CCC4)n[nH]2)c(OC)c1. The Kier molecular flexibility index (Phi) is 5.58. The number of methoxy groups -OCH3 is 2. The van der Waals surface area contributed by atoms with Crippen LogP contribution in [0.4, 0.5) is 0 Å². The highest BCUT2D eigenvalue weighted by atomic mass is 32.2. The van der Waals surface area contributed by atoms with E-state index >= 15 is 0 Å². The number of Topliss-reactive ketones (excluding diaryl/α,β-unsaturated/α-hetero) is 1. The number of ketones is 1. The van der Waals surface area contributed by atoms with Crippen LogP contribution in [0.25, 0.3) is 11.4 Å². The van der Waals surface area contributed by atoms with Crippen LogP contribution in [0.5, 0.6) is 11.5 Å². The Morgan fingerprint density at radius 1 is 1.10 bits per heavy atom. The molecule has 0 bridgehead atoms. The Balaban J connectivity index is 1.49. The van der Waals surface area contributed by atoms with E-state index < -0.39 is 0 Å². The Hall–Kier alpha value is -2.80. The van der Waals surface area contributed by atoms with Crippen molar-refractivity contribution < 1.29 is 14.3 Å². The minimum absolute atomic E-state index is 0.0954. The molecule has 1 atom stereocenters. The Bertz CT molecular complexity index is 1050. The number of aromatic nitrogens is 3. The summed E-state index contributed by atoms with van der Waals surface area (Å²) in [4.78, 5) is 17.4. The molecular formula is C22H23N3O3S. The molecule has 0 saturated heterocycles. The molecule has 0 amide bonds. The van der Waals surface area contributed by atoms with Gasteiger partial charge in [0.1, 0.15) is 11.5 Å². The predicted molar refractivity (Wildman–Crippen MR) is 113 cm³/mol. The number of fused-ring (bicyclic) bond motifs is 1. The maximum atomic E-state index is 12.9. The highest BCUT2D eigenvalue weighted by molar-refractivity contribution is 8.00. The molecule has 1 aromatic heterocycles. The number of nitrogens with zero attached hydrogens (tertiary/aromatic N) is 2. The highest BCUT2D eigenvalue weighted by Crippen LogP contribution is 2.33. The van der Waals surface area contributed by atoms with E-state index in [1.54, 1.807) is 20.3 Å². The number of carbonyl (C=O) groups excluding carboxylic acids is 1. The first kappa shape index (κ1) is 19.5. The quantitative estimate of drug-likeness (QED) is 0.462. The van der Waals surface area contributed by atoms with E-state index in [9.17, 15) is 4.79 Å². The summed E-state index contributed by atoms with van der Waals surface area (Å²) in [5, 5.41) is 7.46. The van der Waals surface area contributed by atoms with Crippen molar-refractivity contribution in [3.8, 4) is 22.9 Å². The third kappa shape index (κ3) is 4.00. The van der Waals surface area contributed by atoms with Crippen molar-refractivity contribution in [2.75, 3.05) is 14.2 Å². The number of aryl methyl sites for hydroxylation is 2. The molecule has 150 valence electrons. The van der Waals surface area contributed by atoms with Crippen LogP contribution >= 0.6 is 11.8 Å². The van der Waals surface area contributed by atoms with Crippen LogP contribution in [-0.2, 0) is 12.8 Å². The number of rotatable bonds is 7. The fourth-order valence-electron chi connectivity index (χ4n) is 3.59. The van der Waals surface area contributed by atoms with E-state index in [1.807, 2.05) is 31.2 Å². The van der Waals surface area contributed by atoms with Gasteiger partial charge in [0.2, 0.25) is 5.16 Å². The van der Waals surface area contributed by atoms with Crippen LogP contribution in [0.15, 0.2) is 41.6 Å². The minimum Gasteiger partial charge on any atom is -0.497 e. The zero-order chi connectivity index (χ0) is 20.4. The number of ether oxygens (including phenoxy) is 2. The van der Waals surface area contributed by atoms with Gasteiger partial charge in [-0.05, 0) is 55.5 Å². The molecule has 2 aromatic carbocycles. The van der Waals surface area contributed by atoms with Crippen LogP contribution in [0.3, 0.4) is 0 Å². The summed E-state index contributed by atoms with van der Waals surface area (Å²) in [7, 11) is 3.21. The molecule has 0 fully saturated rings. The Morgan fingerprint density at radius 3 is 2.72 bits per heavy atom. The standard InChI is InChI=1S/C22H23N3O3S/c1-13(20(26)16-8-7-14-5-4-6-15(14)11-16)29-22-23-21(24-25-22)18-10-9-17(27-2)12-19(18)28-3/h7-13H,4-6H2,1-3H3,(H,23,24,25). The van der Waals surface area contributed by atoms with Crippen molar-refractivity contribution in [3.05, 3.63) is 53.1 Å². The number of aromatic amines is 1. The summed E-state index contributed by atoms with van der Waals surface area (Å²) in [6, 6.07) is 11.6. The average Bonchev–Trinajstić information content (AvgIpc) is 3.41. The lowest BCUT2D eigenvalue weighted by Crippen LogP contribution is -2.14. The molecule has 6 nitrogen and oxygen atoms in total. The predicted octanol–water partition coefficient (Wildman–Crippen LogP) is 4.34. The van der Waals surface area contributed by atoms with E-state index in [0.717, 1.165) is 24.0 Å². The number of hydrogen-bond acceptors (Lipinski definition) is 6. The Morgan fingerprint density at radius 2 is 1.93 bits per heavy atom. The molecule has 1 unspecified atom stereocenters. The fraction of sp³-hybridized carbons (Fsp3) is 0.318. The van der Waals surface area contributed by atoms with Crippen LogP contribution < -0.4 is 9.47 Å². The van der Waals surface area contributed by atoms with Crippen molar-refractivity contribution in [3.63, 3.8) is 0 Å². The zero-order valence-corrected chi connectivity index (χ0v) is 17.5. The van der Waals surface area contributed by atoms with Gasteiger partial charge in [-0.3, -0.25) is 9.89 Å². The van der Waals surface area contributed by atoms with Gasteiger partial charge >= 0.3 is 0 Å². The lowest BCUT2D eigenvalue weighted by molar-refractivity contribution is 0.0994. The van der Waals surface area contributed by atoms with Gasteiger partial charge in [0.05, 0.1) is 25.0 Å². The molecular weight excluding hydrogens is 386 g/mol. The van der Waals surface area contributed by atoms with Gasteiger partial charge in [-0.1, -0.05) is 23.9 Å². The van der Waals surface area contributed by atoms with Crippen molar-refractivity contribution in [1.29, 1.82) is 0 Å². The van der Waals surface area contributed by atoms with Crippen LogP contribution in [0.2, 0.25) is 0 Å². The third-order valence-corrected chi connectivity index (χ3v) is 6.12. The van der Waals surface area contributed by atoms with Crippen molar-refractivity contribution >= 4 is 17.5 Å². The summed E-state index contributed by atoms with van der Waals surface area (Å²) in [6.45, 7) is 1.89. The molecule has 3 aromatic rings. The van der Waals surface area contributed by atoms with Gasteiger partial charge < -0.3 is 9.47 Å². The maximum absolute atomic E-state index is 12.9. The molecule has 0 radical (unpaired) electrons. The molecule has 1 N–H and O–H groups in total. The minimum atomic E-state index is -0.282. The molecule has 0 saturated carbocycles. The summed E-state index contributed by atoms with van der Waals surface area (Å²) in [6.07, 6.45) is 3.35. The molecule has 1 aliphatic carbocycles. The number of nitrogens with one attached hydrogen (secondary N) is 1. The zero-order valence-electron chi connectivity index (χ0n) is 16.7. The first-order valence-corrected chi connectivity index (χ1v) is 10.4. The average molecular weight is 410 g/mol. The lowest BCUT2D eigenvalue weighted by Gasteiger charge is -2.09. The van der Waals surface area contributed by atoms with E-state index in [0.29, 0.717) is 22.5 Å². The first-order valence-electron chi connectivity index (χ1n) is 9.56. The number of benzene rings is 2. The molecule has 29 heavy (non-hydrogen) atoms. The van der Waals surface area contributed by atoms with E-state index in [-0.39, 0.29) is 11.0 Å². The van der Waals surface area contributed by atoms with E-state index in [4.69, 9.17) is 9.47 Å². The van der Waals surface area contributed by atoms with Gasteiger partial charge in [-0.2, -0.15) is 0 Å². The summed E-state index contributed by atoms with van der Waals surface area (Å²) < 4.78 is 10.7. The molecule has 4 rings (SSSR count). The maximum Gasteiger partial charge on any atom is 0.209 e. The summed E-state index contributed by atoms with van der Waals surface area (Å²) in [5.74, 6) is 2.02. The number of hydrogen-bond donors (Lipinski definition) is 1. The highest BCUT2D eigenvalue weighted by Gasteiger charge is 2.21. The van der Waals surface area contributed by atoms with Gasteiger partial charge in [0, 0.05) is 11.6 Å². The lowest BCUT2D eigenvalue weighted by atomic mass is 10.0. The Labute approximate surface area is 174 Å². The van der Waals surface area contributed by atoms with E-state index in [1.165, 1.54) is 29.3 Å². The van der Waals surface area contributed by atoms with Crippen LogP contribution in [-0.4, -0.2) is 40.4 Å². The second-order valence-electron chi connectivity index (χ2n) is 6.99. The van der Waals surface area contributed by atoms with Crippen molar-refractivity contribution in [1.82, 2.24) is 15.2 Å². The molecule has 7 heteroatoms. The van der Waals surface area contributed by atoms with Crippen molar-refractivity contribution in [2.45, 2.75) is 36.6 Å². The van der Waals surface area contributed by atoms with Crippen LogP contribution in [0.1, 0.15) is 34.8 Å². The van der Waals surface area contributed by atoms with Gasteiger partial charge in [0.15, 0.2) is 11.6 Å².